The number of amides is 1. The Labute approximate surface area is 99.0 Å². The number of nitrogens with one attached hydrogen (secondary N) is 1. The number of hydrogen-bond acceptors (Lipinski definition) is 2. The van der Waals surface area contributed by atoms with Gasteiger partial charge in [0.05, 0.1) is 6.04 Å². The van der Waals surface area contributed by atoms with Crippen molar-refractivity contribution in [2.45, 2.75) is 6.04 Å². The number of ether oxygens (including phenoxy) is 1. The first-order valence-corrected chi connectivity index (χ1v) is 5.45. The Bertz CT molecular complexity index is 520. The second-order valence-corrected chi connectivity index (χ2v) is 3.90. The lowest BCUT2D eigenvalue weighted by molar-refractivity contribution is -0.110. The maximum Gasteiger partial charge on any atom is 0.207 e. The topological polar surface area (TPSA) is 38.3 Å². The van der Waals surface area contributed by atoms with E-state index in [0.29, 0.717) is 0 Å². The number of rotatable bonds is 2. The van der Waals surface area contributed by atoms with Crippen LogP contribution in [-0.2, 0) is 4.79 Å². The first kappa shape index (κ1) is 9.90. The lowest BCUT2D eigenvalue weighted by Gasteiger charge is -2.27. The molecule has 0 radical (unpaired) electrons. The highest BCUT2D eigenvalue weighted by Crippen LogP contribution is 2.42. The third-order valence-electron chi connectivity index (χ3n) is 2.91. The summed E-state index contributed by atoms with van der Waals surface area (Å²) in [6, 6.07) is 15.3. The Hall–Kier alpha value is -2.29. The van der Waals surface area contributed by atoms with Gasteiger partial charge in [-0.3, -0.25) is 4.79 Å². The molecule has 17 heavy (non-hydrogen) atoms. The molecular weight excluding hydrogens is 214 g/mol. The molecular formula is C14H11NO2. The highest BCUT2D eigenvalue weighted by atomic mass is 16.5. The van der Waals surface area contributed by atoms with Crippen molar-refractivity contribution < 1.29 is 9.53 Å². The van der Waals surface area contributed by atoms with E-state index in [1.54, 1.807) is 0 Å². The van der Waals surface area contributed by atoms with Gasteiger partial charge in [0.15, 0.2) is 0 Å². The van der Waals surface area contributed by atoms with E-state index in [0.717, 1.165) is 29.0 Å². The van der Waals surface area contributed by atoms with Gasteiger partial charge in [0.2, 0.25) is 6.41 Å². The molecule has 2 aromatic rings. The largest absolute Gasteiger partial charge is 0.457 e. The number of carbonyl (C=O) groups excluding carboxylic acids is 1. The van der Waals surface area contributed by atoms with Crippen molar-refractivity contribution in [3.05, 3.63) is 59.7 Å². The van der Waals surface area contributed by atoms with Crippen LogP contribution in [0.1, 0.15) is 17.2 Å². The summed E-state index contributed by atoms with van der Waals surface area (Å²) in [6.45, 7) is 0. The predicted octanol–water partition coefficient (Wildman–Crippen LogP) is 2.63. The zero-order chi connectivity index (χ0) is 11.7. The molecule has 1 amide bonds. The van der Waals surface area contributed by atoms with Gasteiger partial charge >= 0.3 is 0 Å². The highest BCUT2D eigenvalue weighted by Gasteiger charge is 2.25. The van der Waals surface area contributed by atoms with Crippen molar-refractivity contribution in [2.24, 2.45) is 0 Å². The van der Waals surface area contributed by atoms with Crippen molar-refractivity contribution in [3.8, 4) is 11.5 Å². The van der Waals surface area contributed by atoms with Crippen LogP contribution in [0.5, 0.6) is 11.5 Å². The summed E-state index contributed by atoms with van der Waals surface area (Å²) in [5.41, 5.74) is 1.97. The van der Waals surface area contributed by atoms with Gasteiger partial charge in [0.25, 0.3) is 0 Å². The second-order valence-electron chi connectivity index (χ2n) is 3.90. The van der Waals surface area contributed by atoms with Gasteiger partial charge in [0, 0.05) is 11.1 Å². The van der Waals surface area contributed by atoms with Crippen LogP contribution in [0.15, 0.2) is 48.5 Å². The van der Waals surface area contributed by atoms with Crippen molar-refractivity contribution >= 4 is 6.41 Å². The first-order chi connectivity index (χ1) is 8.40. The van der Waals surface area contributed by atoms with Crippen molar-refractivity contribution in [1.29, 1.82) is 0 Å². The number of fused-ring (bicyclic) bond motifs is 2. The molecule has 0 aromatic heterocycles. The lowest BCUT2D eigenvalue weighted by atomic mass is 9.95. The van der Waals surface area contributed by atoms with Crippen LogP contribution in [0, 0.1) is 0 Å². The zero-order valence-electron chi connectivity index (χ0n) is 9.09. The molecule has 2 aromatic carbocycles. The first-order valence-electron chi connectivity index (χ1n) is 5.45. The molecule has 0 spiro atoms. The average Bonchev–Trinajstić information content (AvgIpc) is 2.39. The third-order valence-corrected chi connectivity index (χ3v) is 2.91. The molecule has 3 nitrogen and oxygen atoms in total. The van der Waals surface area contributed by atoms with E-state index in [1.807, 2.05) is 48.5 Å². The number of hydrogen-bond donors (Lipinski definition) is 1. The Morgan fingerprint density at radius 1 is 0.941 bits per heavy atom. The van der Waals surface area contributed by atoms with E-state index in [1.165, 1.54) is 0 Å². The predicted molar refractivity (Wildman–Crippen MR) is 64.0 cm³/mol. The van der Waals surface area contributed by atoms with Crippen LogP contribution in [-0.4, -0.2) is 6.41 Å². The Morgan fingerprint density at radius 3 is 2.00 bits per heavy atom. The summed E-state index contributed by atoms with van der Waals surface area (Å²) in [5.74, 6) is 1.59. The molecule has 1 aliphatic rings. The fourth-order valence-electron chi connectivity index (χ4n) is 2.16. The monoisotopic (exact) mass is 225 g/mol. The van der Waals surface area contributed by atoms with Gasteiger partial charge in [0.1, 0.15) is 11.5 Å². The summed E-state index contributed by atoms with van der Waals surface area (Å²) in [5, 5.41) is 2.84. The third kappa shape index (κ3) is 1.56. The van der Waals surface area contributed by atoms with Crippen molar-refractivity contribution in [1.82, 2.24) is 5.32 Å². The quantitative estimate of drug-likeness (QED) is 0.798. The normalized spacial score (nSPS) is 13.2. The van der Waals surface area contributed by atoms with Crippen molar-refractivity contribution in [2.75, 3.05) is 0 Å². The van der Waals surface area contributed by atoms with E-state index < -0.39 is 0 Å². The molecule has 0 saturated heterocycles. The second kappa shape index (κ2) is 3.94. The van der Waals surface area contributed by atoms with E-state index in [-0.39, 0.29) is 6.04 Å². The van der Waals surface area contributed by atoms with Gasteiger partial charge in [-0.2, -0.15) is 0 Å². The molecule has 0 fully saturated rings. The minimum Gasteiger partial charge on any atom is -0.457 e. The number of carbonyl (C=O) groups is 1. The summed E-state index contributed by atoms with van der Waals surface area (Å²) >= 11 is 0. The molecule has 1 N–H and O–H groups in total. The molecule has 0 aliphatic carbocycles. The van der Waals surface area contributed by atoms with Crippen LogP contribution < -0.4 is 10.1 Å². The number of para-hydroxylation sites is 2. The lowest BCUT2D eigenvalue weighted by Crippen LogP contribution is -2.24. The molecule has 1 heterocycles. The fraction of sp³-hybridized carbons (Fsp3) is 0.0714. The van der Waals surface area contributed by atoms with Gasteiger partial charge in [-0.1, -0.05) is 36.4 Å². The zero-order valence-corrected chi connectivity index (χ0v) is 9.09. The smallest absolute Gasteiger partial charge is 0.207 e. The van der Waals surface area contributed by atoms with Crippen LogP contribution >= 0.6 is 0 Å². The summed E-state index contributed by atoms with van der Waals surface area (Å²) in [7, 11) is 0. The van der Waals surface area contributed by atoms with Gasteiger partial charge in [-0.15, -0.1) is 0 Å². The van der Waals surface area contributed by atoms with E-state index in [2.05, 4.69) is 5.32 Å². The molecule has 0 atom stereocenters. The standard InChI is InChI=1S/C14H11NO2/c16-9-15-14-10-5-1-3-7-12(10)17-13-8-4-2-6-11(13)14/h1-9,14H,(H,15,16). The number of benzene rings is 2. The molecule has 0 saturated carbocycles. The van der Waals surface area contributed by atoms with E-state index in [4.69, 9.17) is 4.74 Å². The average molecular weight is 225 g/mol. The Balaban J connectivity index is 2.16. The maximum absolute atomic E-state index is 10.7. The van der Waals surface area contributed by atoms with Crippen LogP contribution in [0.3, 0.4) is 0 Å². The summed E-state index contributed by atoms with van der Waals surface area (Å²) < 4.78 is 5.80. The maximum atomic E-state index is 10.7. The molecule has 3 heteroatoms. The Morgan fingerprint density at radius 2 is 1.47 bits per heavy atom. The van der Waals surface area contributed by atoms with Crippen molar-refractivity contribution in [3.63, 3.8) is 0 Å². The van der Waals surface area contributed by atoms with Gasteiger partial charge in [-0.25, -0.2) is 0 Å². The minimum absolute atomic E-state index is 0.131. The molecule has 0 bridgehead atoms. The minimum atomic E-state index is -0.131. The van der Waals surface area contributed by atoms with Crippen LogP contribution in [0.25, 0.3) is 0 Å². The Kier molecular flexibility index (Phi) is 2.29. The fourth-order valence-corrected chi connectivity index (χ4v) is 2.16. The molecule has 1 aliphatic heterocycles. The SMILES string of the molecule is O=CNC1c2ccccc2Oc2ccccc21. The molecule has 84 valence electrons. The highest BCUT2D eigenvalue weighted by molar-refractivity contribution is 5.58. The van der Waals surface area contributed by atoms with Gasteiger partial charge in [-0.05, 0) is 12.1 Å². The van der Waals surface area contributed by atoms with E-state index in [9.17, 15) is 4.79 Å². The van der Waals surface area contributed by atoms with E-state index >= 15 is 0 Å². The van der Waals surface area contributed by atoms with Crippen LogP contribution in [0.2, 0.25) is 0 Å². The van der Waals surface area contributed by atoms with Crippen LogP contribution in [0.4, 0.5) is 0 Å². The van der Waals surface area contributed by atoms with Gasteiger partial charge < -0.3 is 10.1 Å². The molecule has 0 unspecified atom stereocenters. The molecule has 3 rings (SSSR count). The summed E-state index contributed by atoms with van der Waals surface area (Å²) in [4.78, 5) is 10.7. The summed E-state index contributed by atoms with van der Waals surface area (Å²) in [6.07, 6.45) is 0.726.